The van der Waals surface area contributed by atoms with Gasteiger partial charge in [0, 0.05) is 16.7 Å². The molecule has 0 aliphatic carbocycles. The number of alkyl halides is 3. The van der Waals surface area contributed by atoms with Gasteiger partial charge in [0.2, 0.25) is 0 Å². The van der Waals surface area contributed by atoms with Gasteiger partial charge in [-0.3, -0.25) is 0 Å². The Hall–Kier alpha value is -0.750. The maximum atomic E-state index is 12.6. The summed E-state index contributed by atoms with van der Waals surface area (Å²) in [6.45, 7) is 6.64. The first kappa shape index (κ1) is 16.3. The molecule has 6 heteroatoms. The van der Waals surface area contributed by atoms with Crippen LogP contribution in [0.25, 0.3) is 0 Å². The van der Waals surface area contributed by atoms with Crippen LogP contribution in [0.5, 0.6) is 0 Å². The van der Waals surface area contributed by atoms with Crippen molar-refractivity contribution in [3.63, 3.8) is 0 Å². The summed E-state index contributed by atoms with van der Waals surface area (Å²) in [6, 6.07) is 3.51. The molecule has 0 fully saturated rings. The second-order valence-electron chi connectivity index (χ2n) is 5.08. The Morgan fingerprint density at radius 2 is 1.84 bits per heavy atom. The Bertz CT molecular complexity index is 427. The molecule has 0 aliphatic rings. The van der Waals surface area contributed by atoms with E-state index in [2.05, 4.69) is 21.2 Å². The summed E-state index contributed by atoms with van der Waals surface area (Å²) >= 11 is 3.22. The van der Waals surface area contributed by atoms with Crippen molar-refractivity contribution in [2.45, 2.75) is 32.5 Å². The lowest BCUT2D eigenvalue weighted by Crippen LogP contribution is -2.23. The number of halogens is 4. The van der Waals surface area contributed by atoms with Gasteiger partial charge in [0.1, 0.15) is 0 Å². The first-order valence-electron chi connectivity index (χ1n) is 5.84. The third kappa shape index (κ3) is 5.82. The van der Waals surface area contributed by atoms with Crippen LogP contribution in [0.4, 0.5) is 18.9 Å². The number of anilines is 1. The Morgan fingerprint density at radius 1 is 1.21 bits per heavy atom. The van der Waals surface area contributed by atoms with Gasteiger partial charge in [-0.2, -0.15) is 13.2 Å². The van der Waals surface area contributed by atoms with E-state index in [0.717, 1.165) is 12.1 Å². The van der Waals surface area contributed by atoms with Crippen molar-refractivity contribution >= 4 is 21.6 Å². The number of rotatable bonds is 4. The first-order chi connectivity index (χ1) is 8.59. The molecule has 108 valence electrons. The number of hydrogen-bond acceptors (Lipinski definition) is 2. The van der Waals surface area contributed by atoms with Crippen molar-refractivity contribution < 1.29 is 17.9 Å². The molecule has 0 aromatic heterocycles. The van der Waals surface area contributed by atoms with Gasteiger partial charge in [0.15, 0.2) is 0 Å². The van der Waals surface area contributed by atoms with E-state index in [0.29, 0.717) is 23.3 Å². The van der Waals surface area contributed by atoms with Crippen LogP contribution >= 0.6 is 15.9 Å². The Morgan fingerprint density at radius 3 is 2.37 bits per heavy atom. The highest BCUT2D eigenvalue weighted by Gasteiger charge is 2.30. The second kappa shape index (κ2) is 6.13. The molecule has 0 unspecified atom stereocenters. The molecular formula is C13H17BrF3NO. The molecular weight excluding hydrogens is 323 g/mol. The average Bonchev–Trinajstić information content (AvgIpc) is 2.23. The molecule has 0 atom stereocenters. The van der Waals surface area contributed by atoms with Crippen molar-refractivity contribution in [2.24, 2.45) is 0 Å². The van der Waals surface area contributed by atoms with Crippen LogP contribution in [0.2, 0.25) is 0 Å². The molecule has 0 bridgehead atoms. The molecule has 19 heavy (non-hydrogen) atoms. The smallest absolute Gasteiger partial charge is 0.382 e. The molecule has 0 saturated heterocycles. The topological polar surface area (TPSA) is 21.3 Å². The highest BCUT2D eigenvalue weighted by atomic mass is 79.9. The van der Waals surface area contributed by atoms with Gasteiger partial charge >= 0.3 is 6.18 Å². The normalized spacial score (nSPS) is 12.6. The van der Waals surface area contributed by atoms with E-state index < -0.39 is 11.7 Å². The van der Waals surface area contributed by atoms with Crippen molar-refractivity contribution in [1.82, 2.24) is 0 Å². The molecule has 0 spiro atoms. The van der Waals surface area contributed by atoms with Crippen LogP contribution in [-0.2, 0) is 10.9 Å². The van der Waals surface area contributed by atoms with Crippen LogP contribution in [0.15, 0.2) is 22.7 Å². The number of hydrogen-bond donors (Lipinski definition) is 1. The largest absolute Gasteiger partial charge is 0.416 e. The van der Waals surface area contributed by atoms with Gasteiger partial charge in [-0.25, -0.2) is 0 Å². The zero-order valence-corrected chi connectivity index (χ0v) is 12.7. The van der Waals surface area contributed by atoms with Crippen LogP contribution < -0.4 is 5.32 Å². The van der Waals surface area contributed by atoms with E-state index in [4.69, 9.17) is 4.74 Å². The fraction of sp³-hybridized carbons (Fsp3) is 0.538. The highest BCUT2D eigenvalue weighted by molar-refractivity contribution is 9.10. The van der Waals surface area contributed by atoms with Crippen LogP contribution in [0.3, 0.4) is 0 Å². The standard InChI is InChI=1S/C13H17BrF3NO/c1-12(2,3)19-7-6-18-11-8-9(13(15,16)17)4-5-10(11)14/h4-5,8,18H,6-7H2,1-3H3. The molecule has 0 amide bonds. The van der Waals surface area contributed by atoms with Crippen LogP contribution in [0.1, 0.15) is 26.3 Å². The SMILES string of the molecule is CC(C)(C)OCCNc1cc(C(F)(F)F)ccc1Br. The molecule has 2 nitrogen and oxygen atoms in total. The predicted octanol–water partition coefficient (Wildman–Crippen LogP) is 4.69. The summed E-state index contributed by atoms with van der Waals surface area (Å²) in [4.78, 5) is 0. The van der Waals surface area contributed by atoms with E-state index in [-0.39, 0.29) is 5.60 Å². The van der Waals surface area contributed by atoms with Crippen molar-refractivity contribution in [2.75, 3.05) is 18.5 Å². The summed E-state index contributed by atoms with van der Waals surface area (Å²) in [5.74, 6) is 0. The Labute approximate surface area is 119 Å². The minimum Gasteiger partial charge on any atom is -0.382 e. The number of nitrogens with one attached hydrogen (secondary N) is 1. The third-order valence-corrected chi connectivity index (χ3v) is 2.94. The molecule has 1 aromatic rings. The predicted molar refractivity (Wildman–Crippen MR) is 73.3 cm³/mol. The molecule has 1 N–H and O–H groups in total. The van der Waals surface area contributed by atoms with Gasteiger partial charge < -0.3 is 10.1 Å². The lowest BCUT2D eigenvalue weighted by molar-refractivity contribution is -0.137. The van der Waals surface area contributed by atoms with E-state index in [1.165, 1.54) is 6.07 Å². The van der Waals surface area contributed by atoms with Crippen LogP contribution in [0, 0.1) is 0 Å². The molecule has 1 aromatic carbocycles. The van der Waals surface area contributed by atoms with E-state index >= 15 is 0 Å². The van der Waals surface area contributed by atoms with Crippen molar-refractivity contribution in [1.29, 1.82) is 0 Å². The Kier molecular flexibility index (Phi) is 5.26. The van der Waals surface area contributed by atoms with Gasteiger partial charge in [-0.1, -0.05) is 0 Å². The van der Waals surface area contributed by atoms with Crippen molar-refractivity contribution in [3.8, 4) is 0 Å². The van der Waals surface area contributed by atoms with Gasteiger partial charge in [-0.15, -0.1) is 0 Å². The maximum absolute atomic E-state index is 12.6. The van der Waals surface area contributed by atoms with Gasteiger partial charge in [-0.05, 0) is 54.9 Å². The maximum Gasteiger partial charge on any atom is 0.416 e. The fourth-order valence-corrected chi connectivity index (χ4v) is 1.77. The number of benzene rings is 1. The van der Waals surface area contributed by atoms with Gasteiger partial charge in [0.25, 0.3) is 0 Å². The summed E-state index contributed by atoms with van der Waals surface area (Å²) in [5, 5.41) is 2.93. The summed E-state index contributed by atoms with van der Waals surface area (Å²) in [7, 11) is 0. The fourth-order valence-electron chi connectivity index (χ4n) is 1.38. The summed E-state index contributed by atoms with van der Waals surface area (Å²) < 4.78 is 43.8. The molecule has 0 radical (unpaired) electrons. The lowest BCUT2D eigenvalue weighted by Gasteiger charge is -2.20. The summed E-state index contributed by atoms with van der Waals surface area (Å²) in [5.41, 5.74) is -0.519. The monoisotopic (exact) mass is 339 g/mol. The molecule has 0 heterocycles. The highest BCUT2D eigenvalue weighted by Crippen LogP contribution is 2.33. The molecule has 0 aliphatic heterocycles. The number of ether oxygens (including phenoxy) is 1. The minimum atomic E-state index is -4.33. The summed E-state index contributed by atoms with van der Waals surface area (Å²) in [6.07, 6.45) is -4.33. The quantitative estimate of drug-likeness (QED) is 0.803. The second-order valence-corrected chi connectivity index (χ2v) is 5.93. The van der Waals surface area contributed by atoms with E-state index in [1.54, 1.807) is 0 Å². The minimum absolute atomic E-state index is 0.257. The first-order valence-corrected chi connectivity index (χ1v) is 6.63. The molecule has 1 rings (SSSR count). The zero-order valence-electron chi connectivity index (χ0n) is 11.1. The van der Waals surface area contributed by atoms with Gasteiger partial charge in [0.05, 0.1) is 17.8 Å². The van der Waals surface area contributed by atoms with E-state index in [9.17, 15) is 13.2 Å². The Balaban J connectivity index is 2.63. The lowest BCUT2D eigenvalue weighted by atomic mass is 10.2. The van der Waals surface area contributed by atoms with Crippen molar-refractivity contribution in [3.05, 3.63) is 28.2 Å². The zero-order chi connectivity index (χ0) is 14.7. The average molecular weight is 340 g/mol. The third-order valence-electron chi connectivity index (χ3n) is 2.25. The van der Waals surface area contributed by atoms with E-state index in [1.807, 2.05) is 20.8 Å². The molecule has 0 saturated carbocycles. The van der Waals surface area contributed by atoms with Crippen LogP contribution in [-0.4, -0.2) is 18.8 Å².